The quantitative estimate of drug-likeness (QED) is 0.410. The molecule has 1 aromatic heterocycles. The van der Waals surface area contributed by atoms with Crippen LogP contribution in [0, 0.1) is 0 Å². The van der Waals surface area contributed by atoms with E-state index in [1.807, 2.05) is 12.3 Å². The molecule has 5 nitrogen and oxygen atoms in total. The van der Waals surface area contributed by atoms with Crippen LogP contribution in [0.25, 0.3) is 0 Å². The lowest BCUT2D eigenvalue weighted by molar-refractivity contribution is 0.593. The highest BCUT2D eigenvalue weighted by molar-refractivity contribution is 5.80. The third-order valence-corrected chi connectivity index (χ3v) is 5.13. The monoisotopic (exact) mass is 416 g/mol. The second kappa shape index (κ2) is 11.7. The second-order valence-corrected chi connectivity index (χ2v) is 7.75. The van der Waals surface area contributed by atoms with Crippen molar-refractivity contribution in [3.63, 3.8) is 0 Å². The van der Waals surface area contributed by atoms with Crippen LogP contribution in [0.15, 0.2) is 88.8 Å². The summed E-state index contributed by atoms with van der Waals surface area (Å²) in [5, 5.41) is 6.84. The Balaban J connectivity index is 1.54. The molecule has 1 heterocycles. The lowest BCUT2D eigenvalue weighted by Crippen LogP contribution is -2.42. The maximum absolute atomic E-state index is 11.9. The summed E-state index contributed by atoms with van der Waals surface area (Å²) in [6.07, 6.45) is 3.90. The summed E-state index contributed by atoms with van der Waals surface area (Å²) < 4.78 is 1.71. The van der Waals surface area contributed by atoms with Gasteiger partial charge in [-0.25, -0.2) is 4.99 Å². The Hall–Kier alpha value is -3.34. The van der Waals surface area contributed by atoms with E-state index in [4.69, 9.17) is 4.99 Å². The number of pyridine rings is 1. The van der Waals surface area contributed by atoms with E-state index in [2.05, 4.69) is 79.1 Å². The lowest BCUT2D eigenvalue weighted by Gasteiger charge is -2.18. The molecule has 0 amide bonds. The molecule has 0 bridgehead atoms. The molecule has 1 unspecified atom stereocenters. The first-order valence-corrected chi connectivity index (χ1v) is 11.0. The molecule has 0 aliphatic carbocycles. The van der Waals surface area contributed by atoms with Crippen molar-refractivity contribution in [3.05, 3.63) is 106 Å². The highest BCUT2D eigenvalue weighted by atomic mass is 16.1. The van der Waals surface area contributed by atoms with Gasteiger partial charge >= 0.3 is 0 Å². The summed E-state index contributed by atoms with van der Waals surface area (Å²) in [5.41, 5.74) is 3.61. The van der Waals surface area contributed by atoms with Crippen LogP contribution in [-0.4, -0.2) is 23.1 Å². The van der Waals surface area contributed by atoms with E-state index in [0.717, 1.165) is 36.5 Å². The van der Waals surface area contributed by atoms with E-state index in [0.29, 0.717) is 19.1 Å². The van der Waals surface area contributed by atoms with Gasteiger partial charge in [-0.1, -0.05) is 60.7 Å². The summed E-state index contributed by atoms with van der Waals surface area (Å²) in [5.74, 6) is 0.836. The number of rotatable bonds is 9. The van der Waals surface area contributed by atoms with Crippen molar-refractivity contribution in [2.45, 2.75) is 45.8 Å². The average Bonchev–Trinajstić information content (AvgIpc) is 2.79. The van der Waals surface area contributed by atoms with Crippen molar-refractivity contribution >= 4 is 5.96 Å². The average molecular weight is 417 g/mol. The smallest absolute Gasteiger partial charge is 0.250 e. The minimum Gasteiger partial charge on any atom is -0.357 e. The van der Waals surface area contributed by atoms with Gasteiger partial charge in [0.2, 0.25) is 0 Å². The third-order valence-electron chi connectivity index (χ3n) is 5.13. The van der Waals surface area contributed by atoms with E-state index in [-0.39, 0.29) is 5.56 Å². The number of benzene rings is 2. The highest BCUT2D eigenvalue weighted by Crippen LogP contribution is 2.08. The Morgan fingerprint density at radius 2 is 1.65 bits per heavy atom. The van der Waals surface area contributed by atoms with Gasteiger partial charge in [0.15, 0.2) is 5.96 Å². The molecule has 3 aromatic rings. The predicted octanol–water partition coefficient (Wildman–Crippen LogP) is 3.97. The van der Waals surface area contributed by atoms with Crippen molar-refractivity contribution in [1.29, 1.82) is 0 Å². The fourth-order valence-corrected chi connectivity index (χ4v) is 3.36. The Labute approximate surface area is 184 Å². The van der Waals surface area contributed by atoms with Crippen molar-refractivity contribution < 1.29 is 0 Å². The molecular weight excluding hydrogens is 384 g/mol. The number of nitrogens with one attached hydrogen (secondary N) is 2. The number of hydrogen-bond donors (Lipinski definition) is 2. The van der Waals surface area contributed by atoms with Crippen LogP contribution in [0.2, 0.25) is 0 Å². The minimum atomic E-state index is 0.0129. The molecule has 0 fully saturated rings. The normalized spacial score (nSPS) is 12.4. The molecule has 2 aromatic carbocycles. The number of nitrogens with zero attached hydrogens (tertiary/aromatic N) is 2. The van der Waals surface area contributed by atoms with E-state index >= 15 is 0 Å². The molecule has 31 heavy (non-hydrogen) atoms. The van der Waals surface area contributed by atoms with E-state index in [1.165, 1.54) is 5.56 Å². The molecule has 0 spiro atoms. The van der Waals surface area contributed by atoms with Gasteiger partial charge in [-0.05, 0) is 49.4 Å². The van der Waals surface area contributed by atoms with Crippen LogP contribution in [0.5, 0.6) is 0 Å². The Bertz CT molecular complexity index is 1010. The van der Waals surface area contributed by atoms with Crippen LogP contribution >= 0.6 is 0 Å². The zero-order chi connectivity index (χ0) is 21.9. The molecular formula is C26H32N4O. The molecule has 162 valence electrons. The number of aliphatic imine (C=N–C) groups is 1. The first kappa shape index (κ1) is 22.3. The molecule has 0 radical (unpaired) electrons. The molecule has 0 aliphatic heterocycles. The predicted molar refractivity (Wildman–Crippen MR) is 128 cm³/mol. The zero-order valence-electron chi connectivity index (χ0n) is 18.4. The van der Waals surface area contributed by atoms with Gasteiger partial charge < -0.3 is 15.2 Å². The first-order chi connectivity index (χ1) is 15.1. The Morgan fingerprint density at radius 1 is 0.935 bits per heavy atom. The summed E-state index contributed by atoms with van der Waals surface area (Å²) in [7, 11) is 0. The van der Waals surface area contributed by atoms with E-state index in [9.17, 15) is 4.79 Å². The van der Waals surface area contributed by atoms with Crippen LogP contribution < -0.4 is 16.2 Å². The molecule has 3 rings (SSSR count). The minimum absolute atomic E-state index is 0.0129. The molecule has 2 N–H and O–H groups in total. The third kappa shape index (κ3) is 7.45. The van der Waals surface area contributed by atoms with Gasteiger partial charge in [-0.3, -0.25) is 4.79 Å². The SMILES string of the molecule is CCNC(=NCc1ccc(Cn2ccccc2=O)cc1)NC(C)CCc1ccccc1. The highest BCUT2D eigenvalue weighted by Gasteiger charge is 2.06. The van der Waals surface area contributed by atoms with Crippen molar-refractivity contribution in [3.8, 4) is 0 Å². The second-order valence-electron chi connectivity index (χ2n) is 7.75. The van der Waals surface area contributed by atoms with Crippen LogP contribution in [0.1, 0.15) is 37.0 Å². The Kier molecular flexibility index (Phi) is 8.47. The van der Waals surface area contributed by atoms with E-state index < -0.39 is 0 Å². The zero-order valence-corrected chi connectivity index (χ0v) is 18.4. The summed E-state index contributed by atoms with van der Waals surface area (Å²) in [6.45, 7) is 6.27. The largest absolute Gasteiger partial charge is 0.357 e. The summed E-state index contributed by atoms with van der Waals surface area (Å²) in [4.78, 5) is 16.6. The molecule has 1 atom stereocenters. The molecule has 5 heteroatoms. The topological polar surface area (TPSA) is 58.4 Å². The molecule has 0 saturated carbocycles. The van der Waals surface area contributed by atoms with Gasteiger partial charge in [-0.15, -0.1) is 0 Å². The van der Waals surface area contributed by atoms with Crippen molar-refractivity contribution in [2.75, 3.05) is 6.54 Å². The summed E-state index contributed by atoms with van der Waals surface area (Å²) >= 11 is 0. The van der Waals surface area contributed by atoms with Gasteiger partial charge in [0, 0.05) is 24.8 Å². The van der Waals surface area contributed by atoms with Gasteiger partial charge in [-0.2, -0.15) is 0 Å². The van der Waals surface area contributed by atoms with Crippen molar-refractivity contribution in [2.24, 2.45) is 4.99 Å². The van der Waals surface area contributed by atoms with Crippen LogP contribution in [0.3, 0.4) is 0 Å². The number of guanidine groups is 1. The number of hydrogen-bond acceptors (Lipinski definition) is 2. The first-order valence-electron chi connectivity index (χ1n) is 11.0. The van der Waals surface area contributed by atoms with Crippen LogP contribution in [0.4, 0.5) is 0 Å². The maximum atomic E-state index is 11.9. The standard InChI is InChI=1S/C26H32N4O/c1-3-27-26(29-21(2)12-13-22-9-5-4-6-10-22)28-19-23-14-16-24(17-15-23)20-30-18-8-7-11-25(30)31/h4-11,14-18,21H,3,12-13,19-20H2,1-2H3,(H2,27,28,29). The summed E-state index contributed by atoms with van der Waals surface area (Å²) in [6, 6.07) is 24.4. The van der Waals surface area contributed by atoms with Gasteiger partial charge in [0.25, 0.3) is 5.56 Å². The fourth-order valence-electron chi connectivity index (χ4n) is 3.36. The molecule has 0 aliphatic rings. The van der Waals surface area contributed by atoms with Crippen LogP contribution in [-0.2, 0) is 19.5 Å². The number of aromatic nitrogens is 1. The van der Waals surface area contributed by atoms with Gasteiger partial charge in [0.05, 0.1) is 13.1 Å². The number of aryl methyl sites for hydroxylation is 1. The molecule has 0 saturated heterocycles. The lowest BCUT2D eigenvalue weighted by atomic mass is 10.1. The fraction of sp³-hybridized carbons (Fsp3) is 0.308. The van der Waals surface area contributed by atoms with E-state index in [1.54, 1.807) is 16.7 Å². The van der Waals surface area contributed by atoms with Crippen molar-refractivity contribution in [1.82, 2.24) is 15.2 Å². The van der Waals surface area contributed by atoms with Gasteiger partial charge in [0.1, 0.15) is 0 Å². The maximum Gasteiger partial charge on any atom is 0.250 e. The Morgan fingerprint density at radius 3 is 2.35 bits per heavy atom.